The maximum absolute atomic E-state index is 11.4. The summed E-state index contributed by atoms with van der Waals surface area (Å²) in [7, 11) is -1.10. The maximum Gasteiger partial charge on any atom is 0.175 e. The van der Waals surface area contributed by atoms with Crippen molar-refractivity contribution in [2.24, 2.45) is 0 Å². The second-order valence-electron chi connectivity index (χ2n) is 4.61. The van der Waals surface area contributed by atoms with Crippen LogP contribution in [0.25, 0.3) is 0 Å². The predicted molar refractivity (Wildman–Crippen MR) is 78.1 cm³/mol. The van der Waals surface area contributed by atoms with Crippen LogP contribution in [-0.4, -0.2) is 21.7 Å². The van der Waals surface area contributed by atoms with Crippen LogP contribution in [-0.2, 0) is 16.4 Å². The van der Waals surface area contributed by atoms with Crippen LogP contribution in [0, 0.1) is 0 Å². The number of para-hydroxylation sites is 1. The molecular weight excluding hydrogens is 258 g/mol. The molecule has 0 heterocycles. The van der Waals surface area contributed by atoms with Crippen LogP contribution in [0.4, 0.5) is 5.69 Å². The minimum atomic E-state index is -3.11. The van der Waals surface area contributed by atoms with Crippen LogP contribution < -0.4 is 4.90 Å². The van der Waals surface area contributed by atoms with Gasteiger partial charge in [0, 0.05) is 25.5 Å². The van der Waals surface area contributed by atoms with E-state index in [0.29, 0.717) is 4.90 Å². The summed E-state index contributed by atoms with van der Waals surface area (Å²) in [5.41, 5.74) is 2.22. The molecule has 0 atom stereocenters. The Kier molecular flexibility index (Phi) is 3.90. The third kappa shape index (κ3) is 3.58. The summed E-state index contributed by atoms with van der Waals surface area (Å²) >= 11 is 0. The molecule has 0 aliphatic rings. The third-order valence-corrected chi connectivity index (χ3v) is 4.10. The fraction of sp³-hybridized carbons (Fsp3) is 0.200. The Morgan fingerprint density at radius 1 is 0.947 bits per heavy atom. The average Bonchev–Trinajstić information content (AvgIpc) is 2.39. The van der Waals surface area contributed by atoms with Crippen molar-refractivity contribution in [3.05, 3.63) is 60.2 Å². The molecule has 0 aliphatic carbocycles. The lowest BCUT2D eigenvalue weighted by Gasteiger charge is -2.19. The SMILES string of the molecule is CN(Cc1ccc(S(C)(=O)=O)cc1)c1ccccc1. The molecule has 0 radical (unpaired) electrons. The fourth-order valence-electron chi connectivity index (χ4n) is 1.89. The molecule has 0 fully saturated rings. The van der Waals surface area contributed by atoms with E-state index in [1.54, 1.807) is 12.1 Å². The number of hydrogen-bond donors (Lipinski definition) is 0. The smallest absolute Gasteiger partial charge is 0.175 e. The van der Waals surface area contributed by atoms with Crippen molar-refractivity contribution in [1.82, 2.24) is 0 Å². The molecular formula is C15H17NO2S. The summed E-state index contributed by atoms with van der Waals surface area (Å²) in [4.78, 5) is 2.48. The quantitative estimate of drug-likeness (QED) is 0.861. The van der Waals surface area contributed by atoms with Crippen molar-refractivity contribution in [1.29, 1.82) is 0 Å². The van der Waals surface area contributed by atoms with Gasteiger partial charge in [-0.2, -0.15) is 0 Å². The Morgan fingerprint density at radius 3 is 2.05 bits per heavy atom. The summed E-state index contributed by atoms with van der Waals surface area (Å²) < 4.78 is 22.8. The molecule has 0 spiro atoms. The number of anilines is 1. The van der Waals surface area contributed by atoms with Gasteiger partial charge in [0.1, 0.15) is 0 Å². The van der Waals surface area contributed by atoms with Crippen LogP contribution in [0.3, 0.4) is 0 Å². The molecule has 2 rings (SSSR count). The van der Waals surface area contributed by atoms with E-state index in [9.17, 15) is 8.42 Å². The van der Waals surface area contributed by atoms with E-state index in [-0.39, 0.29) is 0 Å². The highest BCUT2D eigenvalue weighted by Crippen LogP contribution is 2.16. The van der Waals surface area contributed by atoms with Crippen molar-refractivity contribution in [3.63, 3.8) is 0 Å². The molecule has 4 heteroatoms. The van der Waals surface area contributed by atoms with E-state index >= 15 is 0 Å². The molecule has 0 bridgehead atoms. The average molecular weight is 275 g/mol. The standard InChI is InChI=1S/C15H17NO2S/c1-16(14-6-4-3-5-7-14)12-13-8-10-15(11-9-13)19(2,17)18/h3-11H,12H2,1-2H3. The van der Waals surface area contributed by atoms with Gasteiger partial charge in [0.05, 0.1) is 4.90 Å². The number of rotatable bonds is 4. The molecule has 0 aliphatic heterocycles. The number of sulfone groups is 1. The van der Waals surface area contributed by atoms with Gasteiger partial charge in [0.25, 0.3) is 0 Å². The number of hydrogen-bond acceptors (Lipinski definition) is 3. The lowest BCUT2D eigenvalue weighted by atomic mass is 10.2. The summed E-state index contributed by atoms with van der Waals surface area (Å²) in [6, 6.07) is 17.1. The fourth-order valence-corrected chi connectivity index (χ4v) is 2.52. The number of benzene rings is 2. The van der Waals surface area contributed by atoms with Crippen LogP contribution in [0.2, 0.25) is 0 Å². The molecule has 3 nitrogen and oxygen atoms in total. The third-order valence-electron chi connectivity index (χ3n) is 2.97. The minimum absolute atomic E-state index is 0.360. The summed E-state index contributed by atoms with van der Waals surface area (Å²) in [6.45, 7) is 0.744. The molecule has 19 heavy (non-hydrogen) atoms. The zero-order valence-corrected chi connectivity index (χ0v) is 11.9. The lowest BCUT2D eigenvalue weighted by molar-refractivity contribution is 0.602. The van der Waals surface area contributed by atoms with Crippen LogP contribution in [0.5, 0.6) is 0 Å². The van der Waals surface area contributed by atoms with Crippen molar-refractivity contribution >= 4 is 15.5 Å². The first kappa shape index (κ1) is 13.6. The molecule has 0 N–H and O–H groups in total. The van der Waals surface area contributed by atoms with Crippen molar-refractivity contribution in [2.75, 3.05) is 18.2 Å². The second kappa shape index (κ2) is 5.45. The van der Waals surface area contributed by atoms with Crippen LogP contribution in [0.15, 0.2) is 59.5 Å². The van der Waals surface area contributed by atoms with Gasteiger partial charge in [0.15, 0.2) is 9.84 Å². The minimum Gasteiger partial charge on any atom is -0.370 e. The van der Waals surface area contributed by atoms with E-state index in [1.807, 2.05) is 49.5 Å². The summed E-state index contributed by atoms with van der Waals surface area (Å²) in [6.07, 6.45) is 1.22. The Balaban J connectivity index is 2.12. The van der Waals surface area contributed by atoms with E-state index in [2.05, 4.69) is 4.90 Å². The molecule has 0 unspecified atom stereocenters. The van der Waals surface area contributed by atoms with Gasteiger partial charge in [-0.1, -0.05) is 30.3 Å². The van der Waals surface area contributed by atoms with Crippen molar-refractivity contribution in [2.45, 2.75) is 11.4 Å². The first-order valence-electron chi connectivity index (χ1n) is 6.02. The first-order valence-corrected chi connectivity index (χ1v) is 7.91. The van der Waals surface area contributed by atoms with E-state index in [0.717, 1.165) is 17.8 Å². The van der Waals surface area contributed by atoms with Crippen LogP contribution in [0.1, 0.15) is 5.56 Å². The Hall–Kier alpha value is -1.81. The molecule has 2 aromatic rings. The van der Waals surface area contributed by atoms with Gasteiger partial charge in [-0.05, 0) is 29.8 Å². The Bertz CT molecular complexity index is 634. The van der Waals surface area contributed by atoms with Gasteiger partial charge in [-0.15, -0.1) is 0 Å². The molecule has 0 aromatic heterocycles. The molecule has 100 valence electrons. The summed E-state index contributed by atoms with van der Waals surface area (Å²) in [5, 5.41) is 0. The molecule has 0 saturated carbocycles. The van der Waals surface area contributed by atoms with Crippen LogP contribution >= 0.6 is 0 Å². The Labute approximate surface area is 114 Å². The van der Waals surface area contributed by atoms with E-state index in [1.165, 1.54) is 6.26 Å². The topological polar surface area (TPSA) is 37.4 Å². The van der Waals surface area contributed by atoms with Gasteiger partial charge >= 0.3 is 0 Å². The van der Waals surface area contributed by atoms with E-state index < -0.39 is 9.84 Å². The molecule has 0 amide bonds. The number of nitrogens with zero attached hydrogens (tertiary/aromatic N) is 1. The van der Waals surface area contributed by atoms with E-state index in [4.69, 9.17) is 0 Å². The van der Waals surface area contributed by atoms with Gasteiger partial charge in [-0.3, -0.25) is 0 Å². The predicted octanol–water partition coefficient (Wildman–Crippen LogP) is 2.73. The van der Waals surface area contributed by atoms with Gasteiger partial charge in [0.2, 0.25) is 0 Å². The maximum atomic E-state index is 11.4. The lowest BCUT2D eigenvalue weighted by Crippen LogP contribution is -2.16. The highest BCUT2D eigenvalue weighted by atomic mass is 32.2. The zero-order chi connectivity index (χ0) is 13.9. The largest absolute Gasteiger partial charge is 0.370 e. The second-order valence-corrected chi connectivity index (χ2v) is 6.62. The van der Waals surface area contributed by atoms with Gasteiger partial charge < -0.3 is 4.90 Å². The molecule has 0 saturated heterocycles. The van der Waals surface area contributed by atoms with Crippen molar-refractivity contribution < 1.29 is 8.42 Å². The summed E-state index contributed by atoms with van der Waals surface area (Å²) in [5.74, 6) is 0. The highest BCUT2D eigenvalue weighted by molar-refractivity contribution is 7.90. The van der Waals surface area contributed by atoms with Gasteiger partial charge in [-0.25, -0.2) is 8.42 Å². The normalized spacial score (nSPS) is 11.3. The highest BCUT2D eigenvalue weighted by Gasteiger charge is 2.07. The zero-order valence-electron chi connectivity index (χ0n) is 11.1. The van der Waals surface area contributed by atoms with Crippen molar-refractivity contribution in [3.8, 4) is 0 Å². The Morgan fingerprint density at radius 2 is 1.53 bits per heavy atom. The first-order chi connectivity index (χ1) is 8.97. The molecule has 2 aromatic carbocycles. The monoisotopic (exact) mass is 275 g/mol.